The molecule has 2 amide bonds. The zero-order valence-electron chi connectivity index (χ0n) is 27.7. The van der Waals surface area contributed by atoms with Crippen molar-refractivity contribution in [2.45, 2.75) is 90.5 Å². The minimum absolute atomic E-state index is 0.0292. The Hall–Kier alpha value is -3.83. The molecular formula is C35H44F3N3O4Si. The first-order chi connectivity index (χ1) is 21.2. The molecule has 3 N–H and O–H groups in total. The fourth-order valence-corrected chi connectivity index (χ4v) is 5.92. The van der Waals surface area contributed by atoms with Gasteiger partial charge in [0.15, 0.2) is 8.32 Å². The quantitative estimate of drug-likeness (QED) is 0.221. The van der Waals surface area contributed by atoms with E-state index in [0.29, 0.717) is 12.1 Å². The van der Waals surface area contributed by atoms with Gasteiger partial charge in [-0.2, -0.15) is 13.2 Å². The molecule has 0 bridgehead atoms. The molecule has 2 atom stereocenters. The lowest BCUT2D eigenvalue weighted by Crippen LogP contribution is -2.40. The fraction of sp³-hybridized carbons (Fsp3) is 0.429. The third-order valence-electron chi connectivity index (χ3n) is 8.50. The van der Waals surface area contributed by atoms with Gasteiger partial charge in [0.2, 0.25) is 5.91 Å². The summed E-state index contributed by atoms with van der Waals surface area (Å²) in [6, 6.07) is 18.0. The van der Waals surface area contributed by atoms with Crippen LogP contribution in [0.4, 0.5) is 35.0 Å². The van der Waals surface area contributed by atoms with Crippen LogP contribution < -0.4 is 16.0 Å². The molecule has 0 spiro atoms. The van der Waals surface area contributed by atoms with Gasteiger partial charge >= 0.3 is 12.3 Å². The predicted molar refractivity (Wildman–Crippen MR) is 178 cm³/mol. The van der Waals surface area contributed by atoms with Gasteiger partial charge in [0, 0.05) is 17.1 Å². The Morgan fingerprint density at radius 3 is 2.13 bits per heavy atom. The van der Waals surface area contributed by atoms with Crippen molar-refractivity contribution in [1.82, 2.24) is 0 Å². The average Bonchev–Trinajstić information content (AvgIpc) is 2.94. The predicted octanol–water partition coefficient (Wildman–Crippen LogP) is 9.54. The third-order valence-corrected chi connectivity index (χ3v) is 13.0. The number of rotatable bonds is 7. The summed E-state index contributed by atoms with van der Waals surface area (Å²) < 4.78 is 54.1. The maximum atomic E-state index is 14.2. The molecule has 7 nitrogen and oxygen atoms in total. The van der Waals surface area contributed by atoms with E-state index in [0.717, 1.165) is 22.9 Å². The first-order valence-corrected chi connectivity index (χ1v) is 18.2. The summed E-state index contributed by atoms with van der Waals surface area (Å²) in [5, 5.41) is 8.74. The van der Waals surface area contributed by atoms with Crippen LogP contribution in [0.1, 0.15) is 69.8 Å². The van der Waals surface area contributed by atoms with Crippen LogP contribution in [0.15, 0.2) is 66.7 Å². The second-order valence-corrected chi connectivity index (χ2v) is 19.1. The van der Waals surface area contributed by atoms with Crippen molar-refractivity contribution in [2.24, 2.45) is 5.92 Å². The van der Waals surface area contributed by atoms with Gasteiger partial charge in [0.25, 0.3) is 0 Å². The van der Waals surface area contributed by atoms with Crippen LogP contribution in [0.2, 0.25) is 18.1 Å². The van der Waals surface area contributed by atoms with Crippen molar-refractivity contribution in [3.63, 3.8) is 0 Å². The number of anilines is 3. The summed E-state index contributed by atoms with van der Waals surface area (Å²) in [5.41, 5.74) is 1.70. The summed E-state index contributed by atoms with van der Waals surface area (Å²) >= 11 is 0. The summed E-state index contributed by atoms with van der Waals surface area (Å²) in [5.74, 6) is -1.06. The van der Waals surface area contributed by atoms with Crippen molar-refractivity contribution < 1.29 is 31.9 Å². The van der Waals surface area contributed by atoms with Crippen LogP contribution in [0.3, 0.4) is 0 Å². The molecular weight excluding hydrogens is 611 g/mol. The Labute approximate surface area is 270 Å². The van der Waals surface area contributed by atoms with Crippen molar-refractivity contribution in [3.05, 3.63) is 89.0 Å². The molecule has 1 unspecified atom stereocenters. The van der Waals surface area contributed by atoms with Crippen molar-refractivity contribution in [1.29, 1.82) is 0 Å². The maximum absolute atomic E-state index is 14.2. The molecule has 1 aliphatic heterocycles. The number of amides is 2. The van der Waals surface area contributed by atoms with E-state index in [1.165, 1.54) is 12.1 Å². The molecule has 248 valence electrons. The molecule has 0 radical (unpaired) electrons. The van der Waals surface area contributed by atoms with E-state index < -0.39 is 49.6 Å². The largest absolute Gasteiger partial charge is 0.444 e. The number of ether oxygens (including phenoxy) is 1. The number of halogens is 3. The Morgan fingerprint density at radius 2 is 1.52 bits per heavy atom. The molecule has 0 aliphatic carbocycles. The molecule has 46 heavy (non-hydrogen) atoms. The molecule has 3 aromatic carbocycles. The second-order valence-electron chi connectivity index (χ2n) is 14.2. The van der Waals surface area contributed by atoms with Gasteiger partial charge in [-0.25, -0.2) is 4.79 Å². The van der Waals surface area contributed by atoms with E-state index in [2.05, 4.69) is 16.0 Å². The van der Waals surface area contributed by atoms with Crippen LogP contribution in [-0.2, 0) is 33.2 Å². The highest BCUT2D eigenvalue weighted by Gasteiger charge is 2.39. The highest BCUT2D eigenvalue weighted by Crippen LogP contribution is 2.40. The Balaban J connectivity index is 1.57. The van der Waals surface area contributed by atoms with Crippen molar-refractivity contribution in [3.8, 4) is 0 Å². The molecule has 11 heteroatoms. The normalized spacial score (nSPS) is 17.0. The standard InChI is InChI=1S/C35H44F3N3O4Si/c1-33(2,3)45-32(43)40-25-16-13-22(14-17-25)30-27(19-23-11-9-10-12-29(23)41-30)31(42)39-26-18-15-24(28(20-26)35(36,37)38)21-44-46(7,8)34(4,5)6/h9-18,20,27,30,41H,19,21H2,1-8H3,(H,39,42)(H,40,43)/t27?,30-/m0/s1. The molecule has 0 fully saturated rings. The maximum Gasteiger partial charge on any atom is 0.416 e. The minimum Gasteiger partial charge on any atom is -0.444 e. The molecule has 0 aromatic heterocycles. The SMILES string of the molecule is CC(C)(C)OC(=O)Nc1ccc([C@@H]2Nc3ccccc3CC2C(=O)Nc2ccc(CO[Si](C)(C)C(C)(C)C)c(C(F)(F)F)c2)cc1. The van der Waals surface area contributed by atoms with Crippen molar-refractivity contribution in [2.75, 3.05) is 16.0 Å². The number of hydrogen-bond donors (Lipinski definition) is 3. The van der Waals surface area contributed by atoms with E-state index in [4.69, 9.17) is 9.16 Å². The molecule has 0 saturated carbocycles. The van der Waals surface area contributed by atoms with Gasteiger partial charge in [-0.05, 0) is 92.3 Å². The van der Waals surface area contributed by atoms with Gasteiger partial charge < -0.3 is 19.8 Å². The first kappa shape index (κ1) is 35.0. The monoisotopic (exact) mass is 655 g/mol. The van der Waals surface area contributed by atoms with E-state index in [1.807, 2.05) is 58.1 Å². The van der Waals surface area contributed by atoms with Gasteiger partial charge in [0.1, 0.15) is 5.60 Å². The van der Waals surface area contributed by atoms with Crippen LogP contribution in [0, 0.1) is 5.92 Å². The van der Waals surface area contributed by atoms with Gasteiger partial charge in [-0.15, -0.1) is 0 Å². The topological polar surface area (TPSA) is 88.7 Å². The lowest BCUT2D eigenvalue weighted by molar-refractivity contribution is -0.138. The van der Waals surface area contributed by atoms with Gasteiger partial charge in [-0.1, -0.05) is 57.2 Å². The molecule has 1 heterocycles. The van der Waals surface area contributed by atoms with E-state index in [-0.39, 0.29) is 22.9 Å². The summed E-state index contributed by atoms with van der Waals surface area (Å²) in [6.45, 7) is 15.2. The Kier molecular flexibility index (Phi) is 9.99. The third kappa shape index (κ3) is 8.70. The first-order valence-electron chi connectivity index (χ1n) is 15.3. The summed E-state index contributed by atoms with van der Waals surface area (Å²) in [6.07, 6.45) is -4.84. The lowest BCUT2D eigenvalue weighted by atomic mass is 9.83. The Bertz CT molecular complexity index is 1560. The minimum atomic E-state index is -4.63. The number of hydrogen-bond acceptors (Lipinski definition) is 5. The number of fused-ring (bicyclic) bond motifs is 1. The van der Waals surface area contributed by atoms with E-state index in [1.54, 1.807) is 45.0 Å². The smallest absolute Gasteiger partial charge is 0.416 e. The second kappa shape index (κ2) is 13.1. The molecule has 1 aliphatic rings. The van der Waals surface area contributed by atoms with Crippen LogP contribution in [-0.4, -0.2) is 25.9 Å². The highest BCUT2D eigenvalue weighted by molar-refractivity contribution is 6.74. The van der Waals surface area contributed by atoms with Gasteiger partial charge in [-0.3, -0.25) is 10.1 Å². The van der Waals surface area contributed by atoms with Gasteiger partial charge in [0.05, 0.1) is 24.1 Å². The lowest BCUT2D eigenvalue weighted by Gasteiger charge is -2.36. The van der Waals surface area contributed by atoms with Crippen LogP contribution in [0.25, 0.3) is 0 Å². The zero-order chi connectivity index (χ0) is 34.1. The molecule has 3 aromatic rings. The summed E-state index contributed by atoms with van der Waals surface area (Å²) in [7, 11) is -2.29. The fourth-order valence-electron chi connectivity index (χ4n) is 4.97. The number of carbonyl (C=O) groups is 2. The summed E-state index contributed by atoms with van der Waals surface area (Å²) in [4.78, 5) is 26.0. The number of benzene rings is 3. The number of para-hydroxylation sites is 1. The zero-order valence-corrected chi connectivity index (χ0v) is 28.7. The Morgan fingerprint density at radius 1 is 0.891 bits per heavy atom. The number of carbonyl (C=O) groups excluding carboxylic acids is 2. The van der Waals surface area contributed by atoms with Crippen LogP contribution >= 0.6 is 0 Å². The van der Waals surface area contributed by atoms with E-state index >= 15 is 0 Å². The molecule has 4 rings (SSSR count). The van der Waals surface area contributed by atoms with Crippen LogP contribution in [0.5, 0.6) is 0 Å². The van der Waals surface area contributed by atoms with E-state index in [9.17, 15) is 22.8 Å². The number of nitrogens with one attached hydrogen (secondary N) is 3. The molecule has 0 saturated heterocycles. The highest BCUT2D eigenvalue weighted by atomic mass is 28.4. The number of alkyl halides is 3. The average molecular weight is 656 g/mol. The van der Waals surface area contributed by atoms with Crippen molar-refractivity contribution >= 4 is 37.4 Å².